The maximum absolute atomic E-state index is 5.61. The molecule has 0 aliphatic heterocycles. The number of nitrogen functional groups attached to an aromatic ring is 1. The minimum Gasteiger partial charge on any atom is -0.477 e. The third kappa shape index (κ3) is 5.37. The number of ether oxygens (including phenoxy) is 3. The van der Waals surface area contributed by atoms with Gasteiger partial charge in [-0.1, -0.05) is 0 Å². The summed E-state index contributed by atoms with van der Waals surface area (Å²) < 4.78 is 15.8. The first-order valence-electron chi connectivity index (χ1n) is 6.20. The van der Waals surface area contributed by atoms with Crippen LogP contribution in [0.15, 0.2) is 0 Å². The summed E-state index contributed by atoms with van der Waals surface area (Å²) >= 11 is 0. The third-order valence-corrected chi connectivity index (χ3v) is 2.45. The lowest BCUT2D eigenvalue weighted by molar-refractivity contribution is 0.0641. The van der Waals surface area contributed by atoms with Gasteiger partial charge in [-0.15, -0.1) is 0 Å². The first-order chi connectivity index (χ1) is 9.19. The summed E-state index contributed by atoms with van der Waals surface area (Å²) in [6.07, 6.45) is 0.789. The molecule has 0 aliphatic rings. The summed E-state index contributed by atoms with van der Waals surface area (Å²) in [6, 6.07) is 0. The summed E-state index contributed by atoms with van der Waals surface area (Å²) in [7, 11) is 1.65. The number of hydrogen-bond donors (Lipinski definition) is 2. The summed E-state index contributed by atoms with van der Waals surface area (Å²) in [5, 5.41) is 0. The number of anilines is 1. The largest absolute Gasteiger partial charge is 0.477 e. The van der Waals surface area contributed by atoms with Crippen molar-refractivity contribution in [3.05, 3.63) is 11.4 Å². The number of nitrogens with two attached hydrogens (primary N) is 1. The molecule has 0 bridgehead atoms. The highest BCUT2D eigenvalue weighted by Crippen LogP contribution is 2.20. The van der Waals surface area contributed by atoms with Gasteiger partial charge in [0.2, 0.25) is 5.88 Å². The van der Waals surface area contributed by atoms with Crippen molar-refractivity contribution in [2.45, 2.75) is 20.3 Å². The zero-order chi connectivity index (χ0) is 14.1. The first-order valence-corrected chi connectivity index (χ1v) is 6.20. The molecule has 1 heterocycles. The van der Waals surface area contributed by atoms with Gasteiger partial charge in [0.25, 0.3) is 0 Å². The van der Waals surface area contributed by atoms with Crippen LogP contribution < -0.4 is 16.0 Å². The topological polar surface area (TPSA) is 91.5 Å². The molecule has 0 radical (unpaired) electrons. The van der Waals surface area contributed by atoms with E-state index in [1.54, 1.807) is 14.0 Å². The van der Waals surface area contributed by atoms with E-state index >= 15 is 0 Å². The average Bonchev–Trinajstić information content (AvgIpc) is 2.41. The fourth-order valence-corrected chi connectivity index (χ4v) is 1.46. The van der Waals surface area contributed by atoms with Crippen LogP contribution in [0.25, 0.3) is 0 Å². The molecule has 0 spiro atoms. The van der Waals surface area contributed by atoms with Gasteiger partial charge in [0.1, 0.15) is 11.6 Å². The van der Waals surface area contributed by atoms with Gasteiger partial charge in [-0.05, 0) is 13.8 Å². The molecule has 0 aromatic carbocycles. The van der Waals surface area contributed by atoms with Crippen molar-refractivity contribution in [2.75, 3.05) is 39.0 Å². The fraction of sp³-hybridized carbons (Fsp3) is 0.667. The molecule has 0 saturated heterocycles. The molecule has 0 atom stereocenters. The van der Waals surface area contributed by atoms with Gasteiger partial charge in [0.05, 0.1) is 25.4 Å². The SMILES string of the molecule is COCCOCCCOc1nc(C)nc(NN)c1C. The Morgan fingerprint density at radius 3 is 2.58 bits per heavy atom. The Morgan fingerprint density at radius 1 is 1.11 bits per heavy atom. The van der Waals surface area contributed by atoms with Crippen LogP contribution in [0.1, 0.15) is 17.8 Å². The summed E-state index contributed by atoms with van der Waals surface area (Å²) in [5.41, 5.74) is 3.33. The van der Waals surface area contributed by atoms with Gasteiger partial charge in [-0.3, -0.25) is 0 Å². The molecule has 1 aromatic heterocycles. The first kappa shape index (κ1) is 15.6. The van der Waals surface area contributed by atoms with Crippen LogP contribution in [0.3, 0.4) is 0 Å². The number of hydrazine groups is 1. The normalized spacial score (nSPS) is 10.5. The highest BCUT2D eigenvalue weighted by atomic mass is 16.5. The zero-order valence-corrected chi connectivity index (χ0v) is 11.7. The Hall–Kier alpha value is -1.44. The van der Waals surface area contributed by atoms with Crippen LogP contribution >= 0.6 is 0 Å². The predicted molar refractivity (Wildman–Crippen MR) is 72.1 cm³/mol. The Bertz CT molecular complexity index is 387. The van der Waals surface area contributed by atoms with Crippen molar-refractivity contribution in [1.29, 1.82) is 0 Å². The average molecular weight is 270 g/mol. The number of aryl methyl sites for hydroxylation is 1. The van der Waals surface area contributed by atoms with Crippen molar-refractivity contribution in [2.24, 2.45) is 5.84 Å². The lowest BCUT2D eigenvalue weighted by Crippen LogP contribution is -2.13. The highest BCUT2D eigenvalue weighted by molar-refractivity contribution is 5.47. The highest BCUT2D eigenvalue weighted by Gasteiger charge is 2.09. The molecular weight excluding hydrogens is 248 g/mol. The minimum absolute atomic E-state index is 0.536. The Labute approximate surface area is 113 Å². The maximum atomic E-state index is 5.61. The van der Waals surface area contributed by atoms with Crippen molar-refractivity contribution in [1.82, 2.24) is 9.97 Å². The van der Waals surface area contributed by atoms with Crippen LogP contribution in [0.5, 0.6) is 5.88 Å². The number of nitrogens with zero attached hydrogens (tertiary/aromatic N) is 2. The minimum atomic E-state index is 0.536. The second-order valence-electron chi connectivity index (χ2n) is 4.00. The standard InChI is InChI=1S/C12H22N4O3/c1-9-11(16-13)14-10(2)15-12(9)19-6-4-5-18-8-7-17-3/h4-8,13H2,1-3H3,(H,14,15,16). The van der Waals surface area contributed by atoms with Crippen LogP contribution in [0, 0.1) is 13.8 Å². The Balaban J connectivity index is 2.35. The van der Waals surface area contributed by atoms with E-state index in [0.717, 1.165) is 12.0 Å². The lowest BCUT2D eigenvalue weighted by atomic mass is 10.3. The Morgan fingerprint density at radius 2 is 1.89 bits per heavy atom. The quantitative estimate of drug-likeness (QED) is 0.390. The van der Waals surface area contributed by atoms with E-state index < -0.39 is 0 Å². The van der Waals surface area contributed by atoms with Gasteiger partial charge in [-0.2, -0.15) is 4.98 Å². The van der Waals surface area contributed by atoms with E-state index in [9.17, 15) is 0 Å². The molecule has 108 valence electrons. The molecule has 1 rings (SSSR count). The molecule has 3 N–H and O–H groups in total. The van der Waals surface area contributed by atoms with E-state index in [1.165, 1.54) is 0 Å². The molecular formula is C12H22N4O3. The zero-order valence-electron chi connectivity index (χ0n) is 11.7. The van der Waals surface area contributed by atoms with Crippen molar-refractivity contribution in [3.8, 4) is 5.88 Å². The molecule has 0 fully saturated rings. The van der Waals surface area contributed by atoms with Gasteiger partial charge in [0.15, 0.2) is 0 Å². The number of aromatic nitrogens is 2. The van der Waals surface area contributed by atoms with E-state index in [2.05, 4.69) is 15.4 Å². The number of hydrogen-bond acceptors (Lipinski definition) is 7. The lowest BCUT2D eigenvalue weighted by Gasteiger charge is -2.11. The van der Waals surface area contributed by atoms with Gasteiger partial charge < -0.3 is 19.6 Å². The molecule has 7 heteroatoms. The molecule has 0 aliphatic carbocycles. The fourth-order valence-electron chi connectivity index (χ4n) is 1.46. The van der Waals surface area contributed by atoms with E-state index in [0.29, 0.717) is 43.9 Å². The monoisotopic (exact) mass is 270 g/mol. The summed E-state index contributed by atoms with van der Waals surface area (Å²) in [5.74, 6) is 7.13. The van der Waals surface area contributed by atoms with Gasteiger partial charge in [-0.25, -0.2) is 10.8 Å². The third-order valence-electron chi connectivity index (χ3n) is 2.45. The van der Waals surface area contributed by atoms with Gasteiger partial charge in [0, 0.05) is 20.1 Å². The molecule has 0 saturated carbocycles. The predicted octanol–water partition coefficient (Wildman–Crippen LogP) is 0.811. The second-order valence-corrected chi connectivity index (χ2v) is 4.00. The van der Waals surface area contributed by atoms with Crippen LogP contribution in [-0.2, 0) is 9.47 Å². The van der Waals surface area contributed by atoms with Crippen molar-refractivity contribution >= 4 is 5.82 Å². The van der Waals surface area contributed by atoms with E-state index in [-0.39, 0.29) is 0 Å². The van der Waals surface area contributed by atoms with E-state index in [1.807, 2.05) is 6.92 Å². The van der Waals surface area contributed by atoms with Crippen LogP contribution in [-0.4, -0.2) is 43.5 Å². The van der Waals surface area contributed by atoms with Crippen molar-refractivity contribution < 1.29 is 14.2 Å². The van der Waals surface area contributed by atoms with Crippen molar-refractivity contribution in [3.63, 3.8) is 0 Å². The molecule has 0 unspecified atom stereocenters. The van der Waals surface area contributed by atoms with Crippen LogP contribution in [0.4, 0.5) is 5.82 Å². The number of nitrogens with one attached hydrogen (secondary N) is 1. The Kier molecular flexibility index (Phi) is 7.09. The number of methoxy groups -OCH3 is 1. The smallest absolute Gasteiger partial charge is 0.221 e. The number of rotatable bonds is 9. The summed E-state index contributed by atoms with van der Waals surface area (Å²) in [6.45, 7) is 6.03. The maximum Gasteiger partial charge on any atom is 0.221 e. The van der Waals surface area contributed by atoms with E-state index in [4.69, 9.17) is 20.1 Å². The second kappa shape index (κ2) is 8.63. The molecule has 19 heavy (non-hydrogen) atoms. The molecule has 1 aromatic rings. The summed E-state index contributed by atoms with van der Waals surface area (Å²) in [4.78, 5) is 8.40. The molecule has 0 amide bonds. The van der Waals surface area contributed by atoms with Crippen LogP contribution in [0.2, 0.25) is 0 Å². The van der Waals surface area contributed by atoms with Gasteiger partial charge >= 0.3 is 0 Å². The molecule has 7 nitrogen and oxygen atoms in total.